The van der Waals surface area contributed by atoms with Crippen molar-refractivity contribution in [2.75, 3.05) is 39.7 Å². The first-order valence-corrected chi connectivity index (χ1v) is 8.73. The Balaban J connectivity index is 3.64. The summed E-state index contributed by atoms with van der Waals surface area (Å²) in [5.74, 6) is 0.623. The van der Waals surface area contributed by atoms with E-state index in [1.54, 1.807) is 7.05 Å². The van der Waals surface area contributed by atoms with E-state index in [1.165, 1.54) is 7.11 Å². The number of nitrogens with zero attached hydrogens (tertiary/aromatic N) is 1. The fraction of sp³-hybridized carbons (Fsp3) is 0.875. The smallest absolute Gasteiger partial charge is 0.305 e. The van der Waals surface area contributed by atoms with Crippen LogP contribution >= 0.6 is 11.6 Å². The molecule has 0 aliphatic heterocycles. The molecule has 0 bridgehead atoms. The Labute approximate surface area is 139 Å². The Hall–Kier alpha value is -0.810. The normalized spacial score (nSPS) is 10.7. The maximum absolute atomic E-state index is 11.1. The van der Waals surface area contributed by atoms with E-state index in [4.69, 9.17) is 11.6 Å². The highest BCUT2D eigenvalue weighted by molar-refractivity contribution is 6.18. The third kappa shape index (κ3) is 12.9. The number of amides is 1. The Morgan fingerprint density at radius 3 is 2.05 bits per heavy atom. The lowest BCUT2D eigenvalue weighted by Crippen LogP contribution is -2.28. The summed E-state index contributed by atoms with van der Waals surface area (Å²) in [6.45, 7) is 2.94. The van der Waals surface area contributed by atoms with Crippen molar-refractivity contribution >= 4 is 23.5 Å². The molecule has 5 nitrogen and oxygen atoms in total. The summed E-state index contributed by atoms with van der Waals surface area (Å²) in [6.07, 6.45) is 7.20. The van der Waals surface area contributed by atoms with Gasteiger partial charge < -0.3 is 15.0 Å². The van der Waals surface area contributed by atoms with Crippen LogP contribution in [0.3, 0.4) is 0 Å². The van der Waals surface area contributed by atoms with Gasteiger partial charge >= 0.3 is 5.97 Å². The van der Waals surface area contributed by atoms with Crippen molar-refractivity contribution in [2.45, 2.75) is 51.4 Å². The monoisotopic (exact) mass is 334 g/mol. The molecule has 0 saturated heterocycles. The molecule has 0 rings (SSSR count). The zero-order chi connectivity index (χ0) is 16.6. The van der Waals surface area contributed by atoms with Crippen LogP contribution in [-0.2, 0) is 14.3 Å². The zero-order valence-corrected chi connectivity index (χ0v) is 14.8. The number of hydrogen-bond acceptors (Lipinski definition) is 4. The average Bonchev–Trinajstić information content (AvgIpc) is 2.53. The summed E-state index contributed by atoms with van der Waals surface area (Å²) in [6, 6.07) is 0. The van der Waals surface area contributed by atoms with Gasteiger partial charge in [0.05, 0.1) is 7.11 Å². The van der Waals surface area contributed by atoms with Crippen molar-refractivity contribution in [3.63, 3.8) is 0 Å². The summed E-state index contributed by atoms with van der Waals surface area (Å²) < 4.78 is 4.62. The van der Waals surface area contributed by atoms with Gasteiger partial charge in [0, 0.05) is 32.3 Å². The molecule has 1 N–H and O–H groups in total. The number of rotatable bonds is 14. The first kappa shape index (κ1) is 21.2. The molecule has 6 heteroatoms. The lowest BCUT2D eigenvalue weighted by molar-refractivity contribution is -0.140. The summed E-state index contributed by atoms with van der Waals surface area (Å²) in [7, 11) is 3.10. The number of hydrogen-bond donors (Lipinski definition) is 1. The lowest BCUT2D eigenvalue weighted by atomic mass is 10.1. The number of halogens is 1. The van der Waals surface area contributed by atoms with Gasteiger partial charge in [0.15, 0.2) is 0 Å². The second-order valence-corrected chi connectivity index (χ2v) is 5.78. The number of alkyl halides is 1. The molecule has 0 unspecified atom stereocenters. The quantitative estimate of drug-likeness (QED) is 0.301. The number of nitrogens with one attached hydrogen (secondary N) is 1. The van der Waals surface area contributed by atoms with Crippen molar-refractivity contribution in [1.29, 1.82) is 0 Å². The number of ether oxygens (including phenoxy) is 1. The average molecular weight is 335 g/mol. The highest BCUT2D eigenvalue weighted by Gasteiger charge is 2.05. The van der Waals surface area contributed by atoms with Gasteiger partial charge in [0.25, 0.3) is 0 Å². The van der Waals surface area contributed by atoms with Gasteiger partial charge in [-0.15, -0.1) is 11.6 Å². The molecule has 0 aliphatic rings. The third-order valence-corrected chi connectivity index (χ3v) is 3.81. The van der Waals surface area contributed by atoms with Crippen LogP contribution in [0.1, 0.15) is 51.4 Å². The molecule has 130 valence electrons. The van der Waals surface area contributed by atoms with Gasteiger partial charge in [0.2, 0.25) is 5.91 Å². The van der Waals surface area contributed by atoms with E-state index in [-0.39, 0.29) is 11.9 Å². The topological polar surface area (TPSA) is 58.6 Å². The second kappa shape index (κ2) is 15.1. The highest BCUT2D eigenvalue weighted by Crippen LogP contribution is 2.06. The van der Waals surface area contributed by atoms with Crippen molar-refractivity contribution in [1.82, 2.24) is 10.2 Å². The van der Waals surface area contributed by atoms with Gasteiger partial charge in [-0.05, 0) is 38.8 Å². The van der Waals surface area contributed by atoms with Gasteiger partial charge in [-0.25, -0.2) is 0 Å². The maximum atomic E-state index is 11.1. The number of esters is 1. The van der Waals surface area contributed by atoms with Crippen LogP contribution in [0.2, 0.25) is 0 Å². The minimum atomic E-state index is -0.131. The molecule has 0 fully saturated rings. The number of methoxy groups -OCH3 is 1. The van der Waals surface area contributed by atoms with Gasteiger partial charge in [-0.2, -0.15) is 0 Å². The molecule has 1 amide bonds. The molecule has 0 aromatic carbocycles. The summed E-state index contributed by atoms with van der Waals surface area (Å²) in [5, 5.41) is 2.64. The van der Waals surface area contributed by atoms with Gasteiger partial charge in [0.1, 0.15) is 0 Å². The van der Waals surface area contributed by atoms with Crippen LogP contribution in [0.5, 0.6) is 0 Å². The van der Waals surface area contributed by atoms with Crippen LogP contribution in [0.15, 0.2) is 0 Å². The lowest BCUT2D eigenvalue weighted by Gasteiger charge is -2.21. The first-order chi connectivity index (χ1) is 10.6. The number of carbonyl (C=O) groups excluding carboxylic acids is 2. The summed E-state index contributed by atoms with van der Waals surface area (Å²) >= 11 is 5.84. The predicted molar refractivity (Wildman–Crippen MR) is 90.2 cm³/mol. The van der Waals surface area contributed by atoms with E-state index in [1.807, 2.05) is 0 Å². The Kier molecular flexibility index (Phi) is 14.5. The second-order valence-electron chi connectivity index (χ2n) is 5.40. The Bertz CT molecular complexity index is 275. The highest BCUT2D eigenvalue weighted by atomic mass is 35.5. The van der Waals surface area contributed by atoms with Crippen molar-refractivity contribution in [3.8, 4) is 0 Å². The van der Waals surface area contributed by atoms with E-state index in [2.05, 4.69) is 15.0 Å². The number of carbonyl (C=O) groups is 2. The van der Waals surface area contributed by atoms with Gasteiger partial charge in [-0.1, -0.05) is 12.8 Å². The van der Waals surface area contributed by atoms with E-state index < -0.39 is 0 Å². The van der Waals surface area contributed by atoms with Crippen molar-refractivity contribution in [3.05, 3.63) is 0 Å². The molecule has 0 aromatic heterocycles. The Morgan fingerprint density at radius 1 is 0.955 bits per heavy atom. The van der Waals surface area contributed by atoms with Crippen LogP contribution in [0.25, 0.3) is 0 Å². The van der Waals surface area contributed by atoms with Crippen LogP contribution < -0.4 is 5.32 Å². The molecular formula is C16H31ClN2O3. The molecular weight excluding hydrogens is 304 g/mol. The fourth-order valence-electron chi connectivity index (χ4n) is 2.26. The molecule has 0 heterocycles. The molecule has 0 saturated carbocycles. The van der Waals surface area contributed by atoms with E-state index in [9.17, 15) is 9.59 Å². The fourth-order valence-corrected chi connectivity index (χ4v) is 2.50. The van der Waals surface area contributed by atoms with Gasteiger partial charge in [-0.3, -0.25) is 9.59 Å². The van der Waals surface area contributed by atoms with E-state index in [0.717, 1.165) is 58.2 Å². The molecule has 0 radical (unpaired) electrons. The minimum absolute atomic E-state index is 0.114. The predicted octanol–water partition coefficient (Wildman–Crippen LogP) is 2.57. The number of unbranched alkanes of at least 4 members (excludes halogenated alkanes) is 4. The molecule has 0 spiro atoms. The minimum Gasteiger partial charge on any atom is -0.469 e. The SMILES string of the molecule is CNC(=O)CCCCCN(CCCl)CCCCCC(=O)OC. The Morgan fingerprint density at radius 2 is 1.55 bits per heavy atom. The molecule has 0 atom stereocenters. The van der Waals surface area contributed by atoms with Crippen molar-refractivity contribution in [2.24, 2.45) is 0 Å². The molecule has 0 aromatic rings. The summed E-state index contributed by atoms with van der Waals surface area (Å²) in [4.78, 5) is 24.5. The van der Waals surface area contributed by atoms with Crippen LogP contribution in [0, 0.1) is 0 Å². The van der Waals surface area contributed by atoms with Crippen LogP contribution in [0.4, 0.5) is 0 Å². The standard InChI is InChI=1S/C16H31ClN2O3/c1-18-15(20)9-5-3-7-12-19(14-11-17)13-8-4-6-10-16(21)22-2/h3-14H2,1-2H3,(H,18,20). The molecule has 0 aliphatic carbocycles. The summed E-state index contributed by atoms with van der Waals surface area (Å²) in [5.41, 5.74) is 0. The largest absolute Gasteiger partial charge is 0.469 e. The van der Waals surface area contributed by atoms with Crippen LogP contribution in [-0.4, -0.2) is 56.4 Å². The first-order valence-electron chi connectivity index (χ1n) is 8.19. The third-order valence-electron chi connectivity index (χ3n) is 3.64. The van der Waals surface area contributed by atoms with E-state index in [0.29, 0.717) is 18.7 Å². The molecule has 22 heavy (non-hydrogen) atoms. The maximum Gasteiger partial charge on any atom is 0.305 e. The van der Waals surface area contributed by atoms with Crippen molar-refractivity contribution < 1.29 is 14.3 Å². The zero-order valence-electron chi connectivity index (χ0n) is 14.0. The van der Waals surface area contributed by atoms with E-state index >= 15 is 0 Å².